The molecule has 2 heterocycles. The number of hydrogen-bond acceptors (Lipinski definition) is 5. The second kappa shape index (κ2) is 6.39. The van der Waals surface area contributed by atoms with Gasteiger partial charge < -0.3 is 10.6 Å². The van der Waals surface area contributed by atoms with Crippen LogP contribution in [0, 0.1) is 6.92 Å². The van der Waals surface area contributed by atoms with Gasteiger partial charge in [0.25, 0.3) is 0 Å². The Morgan fingerprint density at radius 3 is 2.82 bits per heavy atom. The fourth-order valence-corrected chi connectivity index (χ4v) is 2.29. The van der Waals surface area contributed by atoms with Crippen molar-refractivity contribution in [3.05, 3.63) is 48.3 Å². The molecular weight excluding hydrogens is 274 g/mol. The van der Waals surface area contributed by atoms with Crippen LogP contribution in [0.25, 0.3) is 10.8 Å². The van der Waals surface area contributed by atoms with Crippen LogP contribution in [0.3, 0.4) is 0 Å². The first-order chi connectivity index (χ1) is 10.8. The zero-order valence-electron chi connectivity index (χ0n) is 12.8. The number of fused-ring (bicyclic) bond motifs is 1. The van der Waals surface area contributed by atoms with Crippen LogP contribution in [-0.2, 0) is 0 Å². The topological polar surface area (TPSA) is 62.7 Å². The highest BCUT2D eigenvalue weighted by Crippen LogP contribution is 2.23. The summed E-state index contributed by atoms with van der Waals surface area (Å²) in [5, 5.41) is 8.71. The lowest BCUT2D eigenvalue weighted by atomic mass is 10.1. The summed E-state index contributed by atoms with van der Waals surface area (Å²) in [6, 6.07) is 12.1. The standard InChI is InChI=1S/C17H19N5/c1-3-9-18-15-11-12(2)20-17(21-15)22-16-14-7-5-4-6-13(14)8-10-19-16/h4-8,10-11H,3,9H2,1-2H3,(H2,18,19,20,21,22). The quantitative estimate of drug-likeness (QED) is 0.747. The number of nitrogens with one attached hydrogen (secondary N) is 2. The minimum Gasteiger partial charge on any atom is -0.370 e. The molecule has 0 aliphatic carbocycles. The van der Waals surface area contributed by atoms with E-state index in [4.69, 9.17) is 0 Å². The first-order valence-corrected chi connectivity index (χ1v) is 7.46. The molecule has 3 aromatic rings. The zero-order chi connectivity index (χ0) is 15.4. The summed E-state index contributed by atoms with van der Waals surface area (Å²) in [4.78, 5) is 13.4. The molecule has 2 aromatic heterocycles. The van der Waals surface area contributed by atoms with Crippen LogP contribution >= 0.6 is 0 Å². The molecule has 0 aliphatic heterocycles. The third kappa shape index (κ3) is 3.14. The SMILES string of the molecule is CCCNc1cc(C)nc(Nc2nccc3ccccc23)n1. The average Bonchev–Trinajstić information content (AvgIpc) is 2.53. The molecule has 0 spiro atoms. The van der Waals surface area contributed by atoms with Gasteiger partial charge in [-0.25, -0.2) is 9.97 Å². The summed E-state index contributed by atoms with van der Waals surface area (Å²) in [5.74, 6) is 2.16. The summed E-state index contributed by atoms with van der Waals surface area (Å²) >= 11 is 0. The van der Waals surface area contributed by atoms with Gasteiger partial charge in [0.15, 0.2) is 0 Å². The van der Waals surface area contributed by atoms with Gasteiger partial charge >= 0.3 is 0 Å². The molecule has 0 saturated heterocycles. The van der Waals surface area contributed by atoms with E-state index >= 15 is 0 Å². The maximum Gasteiger partial charge on any atom is 0.230 e. The predicted molar refractivity (Wildman–Crippen MR) is 90.6 cm³/mol. The first-order valence-electron chi connectivity index (χ1n) is 7.46. The Bertz CT molecular complexity index is 780. The number of benzene rings is 1. The van der Waals surface area contributed by atoms with E-state index < -0.39 is 0 Å². The molecule has 0 saturated carbocycles. The Morgan fingerprint density at radius 2 is 1.95 bits per heavy atom. The molecule has 0 amide bonds. The van der Waals surface area contributed by atoms with Crippen molar-refractivity contribution in [2.24, 2.45) is 0 Å². The molecule has 112 valence electrons. The summed E-state index contributed by atoms with van der Waals surface area (Å²) in [5.41, 5.74) is 0.913. The lowest BCUT2D eigenvalue weighted by Gasteiger charge is -2.10. The third-order valence-electron chi connectivity index (χ3n) is 3.31. The van der Waals surface area contributed by atoms with E-state index in [0.717, 1.165) is 41.1 Å². The fourth-order valence-electron chi connectivity index (χ4n) is 2.29. The van der Waals surface area contributed by atoms with Gasteiger partial charge in [0.05, 0.1) is 0 Å². The van der Waals surface area contributed by atoms with Crippen LogP contribution in [0.4, 0.5) is 17.6 Å². The number of anilines is 3. The molecular formula is C17H19N5. The van der Waals surface area contributed by atoms with Crippen molar-refractivity contribution < 1.29 is 0 Å². The number of nitrogens with zero attached hydrogens (tertiary/aromatic N) is 3. The van der Waals surface area contributed by atoms with E-state index in [-0.39, 0.29) is 0 Å². The number of hydrogen-bond donors (Lipinski definition) is 2. The molecule has 0 radical (unpaired) electrons. The monoisotopic (exact) mass is 293 g/mol. The molecule has 0 aliphatic rings. The molecule has 3 rings (SSSR count). The normalized spacial score (nSPS) is 10.6. The van der Waals surface area contributed by atoms with Crippen molar-refractivity contribution in [1.29, 1.82) is 0 Å². The Kier molecular flexibility index (Phi) is 4.14. The lowest BCUT2D eigenvalue weighted by Crippen LogP contribution is -2.06. The number of aryl methyl sites for hydroxylation is 1. The summed E-state index contributed by atoms with van der Waals surface area (Å²) in [7, 11) is 0. The van der Waals surface area contributed by atoms with E-state index in [9.17, 15) is 0 Å². The molecule has 2 N–H and O–H groups in total. The van der Waals surface area contributed by atoms with Crippen LogP contribution < -0.4 is 10.6 Å². The minimum absolute atomic E-state index is 0.558. The Labute approximate surface area is 129 Å². The van der Waals surface area contributed by atoms with E-state index in [1.54, 1.807) is 6.20 Å². The molecule has 5 heteroatoms. The van der Waals surface area contributed by atoms with Crippen LogP contribution in [0.5, 0.6) is 0 Å². The molecule has 0 unspecified atom stereocenters. The second-order valence-electron chi connectivity index (χ2n) is 5.15. The largest absolute Gasteiger partial charge is 0.370 e. The van der Waals surface area contributed by atoms with Crippen LogP contribution in [0.15, 0.2) is 42.6 Å². The van der Waals surface area contributed by atoms with Gasteiger partial charge in [-0.1, -0.05) is 31.2 Å². The van der Waals surface area contributed by atoms with Gasteiger partial charge in [-0.3, -0.25) is 0 Å². The Balaban J connectivity index is 1.93. The van der Waals surface area contributed by atoms with E-state index in [2.05, 4.69) is 38.6 Å². The van der Waals surface area contributed by atoms with E-state index in [0.29, 0.717) is 5.95 Å². The lowest BCUT2D eigenvalue weighted by molar-refractivity contribution is 0.962. The van der Waals surface area contributed by atoms with Crippen molar-refractivity contribution >= 4 is 28.4 Å². The molecule has 0 atom stereocenters. The van der Waals surface area contributed by atoms with Crippen molar-refractivity contribution in [2.75, 3.05) is 17.2 Å². The Hall–Kier alpha value is -2.69. The molecule has 1 aromatic carbocycles. The number of aromatic nitrogens is 3. The van der Waals surface area contributed by atoms with Gasteiger partial charge in [0.2, 0.25) is 5.95 Å². The molecule has 0 bridgehead atoms. The Morgan fingerprint density at radius 1 is 1.09 bits per heavy atom. The highest BCUT2D eigenvalue weighted by Gasteiger charge is 2.06. The van der Waals surface area contributed by atoms with Crippen molar-refractivity contribution in [2.45, 2.75) is 20.3 Å². The van der Waals surface area contributed by atoms with Crippen LogP contribution in [-0.4, -0.2) is 21.5 Å². The van der Waals surface area contributed by atoms with E-state index in [1.165, 1.54) is 0 Å². The van der Waals surface area contributed by atoms with E-state index in [1.807, 2.05) is 37.3 Å². The van der Waals surface area contributed by atoms with Gasteiger partial charge in [-0.05, 0) is 24.8 Å². The summed E-state index contributed by atoms with van der Waals surface area (Å²) in [6.07, 6.45) is 2.84. The van der Waals surface area contributed by atoms with Crippen LogP contribution in [0.1, 0.15) is 19.0 Å². The number of rotatable bonds is 5. The van der Waals surface area contributed by atoms with Gasteiger partial charge in [-0.2, -0.15) is 4.98 Å². The second-order valence-corrected chi connectivity index (χ2v) is 5.15. The van der Waals surface area contributed by atoms with Crippen LogP contribution in [0.2, 0.25) is 0 Å². The maximum atomic E-state index is 4.50. The number of pyridine rings is 1. The van der Waals surface area contributed by atoms with Gasteiger partial charge in [0, 0.05) is 29.9 Å². The predicted octanol–water partition coefficient (Wildman–Crippen LogP) is 3.90. The van der Waals surface area contributed by atoms with Crippen molar-refractivity contribution in [3.8, 4) is 0 Å². The first kappa shape index (κ1) is 14.3. The van der Waals surface area contributed by atoms with Crippen molar-refractivity contribution in [3.63, 3.8) is 0 Å². The summed E-state index contributed by atoms with van der Waals surface area (Å²) in [6.45, 7) is 4.98. The molecule has 22 heavy (non-hydrogen) atoms. The van der Waals surface area contributed by atoms with Gasteiger partial charge in [0.1, 0.15) is 11.6 Å². The highest BCUT2D eigenvalue weighted by atomic mass is 15.2. The fraction of sp³-hybridized carbons (Fsp3) is 0.235. The zero-order valence-corrected chi connectivity index (χ0v) is 12.8. The average molecular weight is 293 g/mol. The van der Waals surface area contributed by atoms with Crippen molar-refractivity contribution in [1.82, 2.24) is 15.0 Å². The molecule has 0 fully saturated rings. The molecule has 5 nitrogen and oxygen atoms in total. The maximum absolute atomic E-state index is 4.50. The van der Waals surface area contributed by atoms with Gasteiger partial charge in [-0.15, -0.1) is 0 Å². The highest BCUT2D eigenvalue weighted by molar-refractivity contribution is 5.92. The minimum atomic E-state index is 0.558. The third-order valence-corrected chi connectivity index (χ3v) is 3.31. The summed E-state index contributed by atoms with van der Waals surface area (Å²) < 4.78 is 0. The smallest absolute Gasteiger partial charge is 0.230 e.